The van der Waals surface area contributed by atoms with Crippen molar-refractivity contribution in [2.75, 3.05) is 19.8 Å². The van der Waals surface area contributed by atoms with Crippen molar-refractivity contribution in [3.8, 4) is 0 Å². The van der Waals surface area contributed by atoms with Crippen molar-refractivity contribution >= 4 is 15.9 Å². The van der Waals surface area contributed by atoms with E-state index in [9.17, 15) is 0 Å². The van der Waals surface area contributed by atoms with Gasteiger partial charge in [-0.15, -0.1) is 0 Å². The number of hydrogen-bond donors (Lipinski definition) is 0. The van der Waals surface area contributed by atoms with E-state index in [0.717, 1.165) is 10.2 Å². The van der Waals surface area contributed by atoms with Crippen LogP contribution < -0.4 is 0 Å². The van der Waals surface area contributed by atoms with Crippen LogP contribution in [0.5, 0.6) is 0 Å². The van der Waals surface area contributed by atoms with E-state index in [1.54, 1.807) is 6.20 Å². The molecule has 0 aliphatic carbocycles. The minimum Gasteiger partial charge on any atom is -0.323 e. The fourth-order valence-electron chi connectivity index (χ4n) is 1.90. The second-order valence-corrected chi connectivity index (χ2v) is 5.41. The van der Waals surface area contributed by atoms with Crippen LogP contribution in [0.4, 0.5) is 0 Å². The molecule has 5 heteroatoms. The van der Waals surface area contributed by atoms with Crippen LogP contribution in [0, 0.1) is 5.41 Å². The Balaban J connectivity index is 1.95. The molecule has 4 rings (SSSR count). The predicted molar refractivity (Wildman–Crippen MR) is 59.6 cm³/mol. The Bertz CT molecular complexity index is 399. The smallest absolute Gasteiger partial charge is 0.312 e. The maximum atomic E-state index is 5.72. The lowest BCUT2D eigenvalue weighted by Crippen LogP contribution is -2.57. The van der Waals surface area contributed by atoms with Gasteiger partial charge in [-0.1, -0.05) is 6.92 Å². The number of aromatic nitrogens is 1. The Labute approximate surface area is 102 Å². The number of ether oxygens (including phenoxy) is 3. The van der Waals surface area contributed by atoms with Gasteiger partial charge >= 0.3 is 5.97 Å². The SMILES string of the molecule is CC12COC(c3ccnc(Br)c3)(OC1)OC2. The number of hydrogen-bond acceptors (Lipinski definition) is 4. The summed E-state index contributed by atoms with van der Waals surface area (Å²) in [5, 5.41) is 0. The number of pyridine rings is 1. The molecular formula is C11H12BrNO3. The molecule has 86 valence electrons. The van der Waals surface area contributed by atoms with Crippen LogP contribution in [0.3, 0.4) is 0 Å². The highest BCUT2D eigenvalue weighted by Gasteiger charge is 2.51. The van der Waals surface area contributed by atoms with Crippen molar-refractivity contribution in [1.29, 1.82) is 0 Å². The topological polar surface area (TPSA) is 40.6 Å². The largest absolute Gasteiger partial charge is 0.323 e. The first kappa shape index (κ1) is 10.7. The summed E-state index contributed by atoms with van der Waals surface area (Å²) in [6, 6.07) is 3.70. The van der Waals surface area contributed by atoms with Gasteiger partial charge in [0.1, 0.15) is 4.60 Å². The van der Waals surface area contributed by atoms with Crippen LogP contribution in [0.25, 0.3) is 0 Å². The lowest BCUT2D eigenvalue weighted by Gasteiger charge is -2.50. The summed E-state index contributed by atoms with van der Waals surface area (Å²) in [6.07, 6.45) is 1.70. The van der Waals surface area contributed by atoms with E-state index in [-0.39, 0.29) is 5.41 Å². The van der Waals surface area contributed by atoms with Crippen molar-refractivity contribution in [2.45, 2.75) is 12.9 Å². The van der Waals surface area contributed by atoms with Gasteiger partial charge in [0.25, 0.3) is 0 Å². The summed E-state index contributed by atoms with van der Waals surface area (Å²) in [5.41, 5.74) is 0.836. The third-order valence-corrected chi connectivity index (χ3v) is 3.35. The van der Waals surface area contributed by atoms with Crippen LogP contribution in [-0.4, -0.2) is 24.8 Å². The van der Waals surface area contributed by atoms with Crippen LogP contribution in [0.2, 0.25) is 0 Å². The molecule has 3 saturated heterocycles. The summed E-state index contributed by atoms with van der Waals surface area (Å²) in [6.45, 7) is 4.07. The van der Waals surface area contributed by atoms with Crippen molar-refractivity contribution in [3.05, 3.63) is 28.5 Å². The molecule has 3 aliphatic heterocycles. The third-order valence-electron chi connectivity index (χ3n) is 2.91. The van der Waals surface area contributed by atoms with E-state index in [4.69, 9.17) is 14.2 Å². The van der Waals surface area contributed by atoms with Gasteiger partial charge in [-0.25, -0.2) is 4.98 Å². The molecule has 3 fully saturated rings. The summed E-state index contributed by atoms with van der Waals surface area (Å²) >= 11 is 3.33. The first-order chi connectivity index (χ1) is 7.62. The Hall–Kier alpha value is -0.490. The van der Waals surface area contributed by atoms with Crippen LogP contribution >= 0.6 is 15.9 Å². The summed E-state index contributed by atoms with van der Waals surface area (Å²) in [4.78, 5) is 4.08. The minimum absolute atomic E-state index is 0.00792. The molecule has 4 nitrogen and oxygen atoms in total. The van der Waals surface area contributed by atoms with E-state index >= 15 is 0 Å². The van der Waals surface area contributed by atoms with Crippen LogP contribution in [0.1, 0.15) is 12.5 Å². The molecule has 0 unspecified atom stereocenters. The Morgan fingerprint density at radius 2 is 1.88 bits per heavy atom. The third kappa shape index (κ3) is 1.59. The highest BCUT2D eigenvalue weighted by atomic mass is 79.9. The molecule has 0 aromatic carbocycles. The first-order valence-corrected chi connectivity index (χ1v) is 5.95. The van der Waals surface area contributed by atoms with Crippen molar-refractivity contribution < 1.29 is 14.2 Å². The molecule has 1 aromatic rings. The zero-order valence-electron chi connectivity index (χ0n) is 8.90. The van der Waals surface area contributed by atoms with Gasteiger partial charge in [-0.3, -0.25) is 0 Å². The first-order valence-electron chi connectivity index (χ1n) is 5.16. The lowest BCUT2D eigenvalue weighted by molar-refractivity contribution is -0.477. The summed E-state index contributed by atoms with van der Waals surface area (Å²) in [5.74, 6) is -1.02. The van der Waals surface area contributed by atoms with Crippen LogP contribution in [0.15, 0.2) is 22.9 Å². The minimum atomic E-state index is -1.02. The molecule has 16 heavy (non-hydrogen) atoms. The molecule has 3 aliphatic rings. The second kappa shape index (κ2) is 3.50. The maximum absolute atomic E-state index is 5.72. The Morgan fingerprint density at radius 3 is 2.44 bits per heavy atom. The number of halogens is 1. The summed E-state index contributed by atoms with van der Waals surface area (Å²) < 4.78 is 17.9. The van der Waals surface area contributed by atoms with E-state index in [1.807, 2.05) is 12.1 Å². The van der Waals surface area contributed by atoms with Gasteiger partial charge in [0.15, 0.2) is 0 Å². The van der Waals surface area contributed by atoms with Crippen molar-refractivity contribution in [1.82, 2.24) is 4.98 Å². The number of fused-ring (bicyclic) bond motifs is 3. The zero-order valence-corrected chi connectivity index (χ0v) is 10.5. The van der Waals surface area contributed by atoms with Crippen molar-refractivity contribution in [2.24, 2.45) is 5.41 Å². The van der Waals surface area contributed by atoms with Gasteiger partial charge in [-0.05, 0) is 28.1 Å². The highest BCUT2D eigenvalue weighted by molar-refractivity contribution is 9.10. The van der Waals surface area contributed by atoms with E-state index in [0.29, 0.717) is 19.8 Å². The predicted octanol–water partition coefficient (Wildman–Crippen LogP) is 2.04. The van der Waals surface area contributed by atoms with Gasteiger partial charge in [-0.2, -0.15) is 0 Å². The van der Waals surface area contributed by atoms with Crippen molar-refractivity contribution in [3.63, 3.8) is 0 Å². The van der Waals surface area contributed by atoms with Gasteiger partial charge in [0.2, 0.25) is 0 Å². The van der Waals surface area contributed by atoms with Gasteiger partial charge < -0.3 is 14.2 Å². The quantitative estimate of drug-likeness (QED) is 0.741. The average Bonchev–Trinajstić information content (AvgIpc) is 2.30. The fourth-order valence-corrected chi connectivity index (χ4v) is 2.27. The fraction of sp³-hybridized carbons (Fsp3) is 0.545. The molecule has 0 atom stereocenters. The zero-order chi connectivity index (χ0) is 11.2. The lowest BCUT2D eigenvalue weighted by atomic mass is 9.91. The standard InChI is InChI=1S/C11H12BrNO3/c1-10-5-14-11(15-6-10,16-7-10)8-2-3-13-9(12)4-8/h2-4H,5-7H2,1H3. The molecule has 0 radical (unpaired) electrons. The molecular weight excluding hydrogens is 274 g/mol. The second-order valence-electron chi connectivity index (χ2n) is 4.60. The molecule has 0 saturated carbocycles. The van der Waals surface area contributed by atoms with E-state index in [2.05, 4.69) is 27.8 Å². The average molecular weight is 286 g/mol. The van der Waals surface area contributed by atoms with Gasteiger partial charge in [0, 0.05) is 17.2 Å². The molecule has 4 heterocycles. The molecule has 0 N–H and O–H groups in total. The van der Waals surface area contributed by atoms with Crippen LogP contribution in [-0.2, 0) is 20.2 Å². The van der Waals surface area contributed by atoms with Gasteiger partial charge in [0.05, 0.1) is 19.8 Å². The Kier molecular flexibility index (Phi) is 2.33. The molecule has 0 spiro atoms. The number of rotatable bonds is 1. The monoisotopic (exact) mass is 285 g/mol. The highest BCUT2D eigenvalue weighted by Crippen LogP contribution is 2.43. The Morgan fingerprint density at radius 1 is 1.25 bits per heavy atom. The molecule has 0 amide bonds. The van der Waals surface area contributed by atoms with E-state index < -0.39 is 5.97 Å². The maximum Gasteiger partial charge on any atom is 0.312 e. The normalized spacial score (nSPS) is 37.6. The number of nitrogens with zero attached hydrogens (tertiary/aromatic N) is 1. The summed E-state index contributed by atoms with van der Waals surface area (Å²) in [7, 11) is 0. The van der Waals surface area contributed by atoms with E-state index in [1.165, 1.54) is 0 Å². The molecule has 1 aromatic heterocycles. The molecule has 2 bridgehead atoms.